The fourth-order valence-electron chi connectivity index (χ4n) is 6.94. The van der Waals surface area contributed by atoms with Crippen molar-refractivity contribution in [3.8, 4) is 0 Å². The molecular weight excluding hydrogens is 416 g/mol. The molecule has 5 rings (SSSR count). The van der Waals surface area contributed by atoms with Crippen molar-refractivity contribution in [3.63, 3.8) is 0 Å². The van der Waals surface area contributed by atoms with Gasteiger partial charge in [0.15, 0.2) is 0 Å². The molecule has 0 aromatic carbocycles. The van der Waals surface area contributed by atoms with Gasteiger partial charge in [0.05, 0.1) is 10.6 Å². The van der Waals surface area contributed by atoms with Gasteiger partial charge in [0.2, 0.25) is 5.91 Å². The molecule has 4 atom stereocenters. The Hall–Kier alpha value is -1.30. The van der Waals surface area contributed by atoms with Crippen LogP contribution < -0.4 is 4.90 Å². The fraction of sp³-hybridized carbons (Fsp3) is 0.808. The van der Waals surface area contributed by atoms with E-state index < -0.39 is 0 Å². The van der Waals surface area contributed by atoms with Crippen molar-refractivity contribution in [2.45, 2.75) is 94.4 Å². The Labute approximate surface area is 198 Å². The molecule has 2 aliphatic carbocycles. The van der Waals surface area contributed by atoms with Crippen molar-refractivity contribution in [2.75, 3.05) is 30.8 Å². The summed E-state index contributed by atoms with van der Waals surface area (Å²) in [7, 11) is 2.08. The minimum Gasteiger partial charge on any atom is -0.356 e. The first kappa shape index (κ1) is 22.5. The monoisotopic (exact) mass is 456 g/mol. The van der Waals surface area contributed by atoms with Crippen molar-refractivity contribution < 1.29 is 4.79 Å². The summed E-state index contributed by atoms with van der Waals surface area (Å²) in [5, 5.41) is 0. The van der Waals surface area contributed by atoms with Gasteiger partial charge in [-0.2, -0.15) is 0 Å². The third-order valence-electron chi connectivity index (χ3n) is 8.76. The lowest BCUT2D eigenvalue weighted by Crippen LogP contribution is -2.41. The second-order valence-corrected chi connectivity index (χ2v) is 11.7. The van der Waals surface area contributed by atoms with E-state index in [0.717, 1.165) is 62.8 Å². The van der Waals surface area contributed by atoms with Crippen LogP contribution in [0, 0.1) is 17.8 Å². The summed E-state index contributed by atoms with van der Waals surface area (Å²) < 4.78 is 0. The van der Waals surface area contributed by atoms with Gasteiger partial charge in [0.25, 0.3) is 0 Å². The maximum atomic E-state index is 13.3. The molecule has 0 spiro atoms. The first-order chi connectivity index (χ1) is 15.7. The summed E-state index contributed by atoms with van der Waals surface area (Å²) in [5.74, 6) is 5.07. The zero-order valence-corrected chi connectivity index (χ0v) is 20.6. The number of hydrogen-bond acceptors (Lipinski definition) is 5. The fourth-order valence-corrected chi connectivity index (χ4v) is 8.06. The summed E-state index contributed by atoms with van der Waals surface area (Å²) >= 11 is 1.92. The standard InChI is InChI=1S/C26H40N4OS/c1-29(24(31)17-20-9-4-8-19-7-2-3-11-22(19)20)21-10-5-14-30(15-13-21)26-25-23(27-18-28-26)12-6-16-32-25/h18-22H,2-17H2,1H3. The Morgan fingerprint density at radius 3 is 2.84 bits per heavy atom. The van der Waals surface area contributed by atoms with Crippen molar-refractivity contribution in [1.29, 1.82) is 0 Å². The molecule has 0 radical (unpaired) electrons. The highest BCUT2D eigenvalue weighted by molar-refractivity contribution is 7.99. The third kappa shape index (κ3) is 4.80. The van der Waals surface area contributed by atoms with E-state index in [4.69, 9.17) is 4.98 Å². The van der Waals surface area contributed by atoms with E-state index in [1.54, 1.807) is 6.33 Å². The van der Waals surface area contributed by atoms with Crippen LogP contribution in [0.3, 0.4) is 0 Å². The number of amides is 1. The van der Waals surface area contributed by atoms with E-state index in [2.05, 4.69) is 21.8 Å². The highest BCUT2D eigenvalue weighted by Crippen LogP contribution is 2.45. The number of nitrogens with zero attached hydrogens (tertiary/aromatic N) is 4. The van der Waals surface area contributed by atoms with E-state index in [1.807, 2.05) is 11.8 Å². The number of aromatic nitrogens is 2. The molecule has 3 heterocycles. The number of rotatable bonds is 4. The van der Waals surface area contributed by atoms with Crippen molar-refractivity contribution in [3.05, 3.63) is 12.0 Å². The Bertz CT molecular complexity index is 800. The molecule has 1 aromatic rings. The normalized spacial score (nSPS) is 30.7. The van der Waals surface area contributed by atoms with Gasteiger partial charge in [-0.15, -0.1) is 11.8 Å². The van der Waals surface area contributed by atoms with Gasteiger partial charge in [0, 0.05) is 32.6 Å². The Morgan fingerprint density at radius 2 is 1.91 bits per heavy atom. The zero-order valence-electron chi connectivity index (χ0n) is 19.8. The van der Waals surface area contributed by atoms with E-state index >= 15 is 0 Å². The maximum Gasteiger partial charge on any atom is 0.222 e. The zero-order chi connectivity index (χ0) is 21.9. The minimum atomic E-state index is 0.364. The van der Waals surface area contributed by atoms with Gasteiger partial charge in [-0.25, -0.2) is 9.97 Å². The topological polar surface area (TPSA) is 49.3 Å². The Kier molecular flexibility index (Phi) is 7.25. The van der Waals surface area contributed by atoms with E-state index in [0.29, 0.717) is 17.9 Å². The SMILES string of the molecule is CN(C(=O)CC1CCCC2CCCCC21)C1CCCN(c2ncnc3c2SCCC3)CC1. The van der Waals surface area contributed by atoms with Crippen LogP contribution in [-0.4, -0.2) is 52.7 Å². The first-order valence-corrected chi connectivity index (χ1v) is 14.2. The van der Waals surface area contributed by atoms with Gasteiger partial charge in [-0.1, -0.05) is 32.1 Å². The number of carbonyl (C=O) groups excluding carboxylic acids is 1. The van der Waals surface area contributed by atoms with Gasteiger partial charge in [0.1, 0.15) is 12.1 Å². The quantitative estimate of drug-likeness (QED) is 0.613. The van der Waals surface area contributed by atoms with Crippen LogP contribution >= 0.6 is 11.8 Å². The van der Waals surface area contributed by atoms with Crippen LogP contribution in [0.2, 0.25) is 0 Å². The Morgan fingerprint density at radius 1 is 1.03 bits per heavy atom. The average molecular weight is 457 g/mol. The summed E-state index contributed by atoms with van der Waals surface area (Å²) in [6.45, 7) is 2.02. The number of fused-ring (bicyclic) bond motifs is 2. The van der Waals surface area contributed by atoms with E-state index in [-0.39, 0.29) is 0 Å². The molecule has 6 heteroatoms. The number of carbonyl (C=O) groups is 1. The first-order valence-electron chi connectivity index (χ1n) is 13.2. The van der Waals surface area contributed by atoms with Crippen LogP contribution in [0.1, 0.15) is 82.7 Å². The molecule has 1 saturated heterocycles. The van der Waals surface area contributed by atoms with Crippen LogP contribution in [0.4, 0.5) is 5.82 Å². The second-order valence-electron chi connectivity index (χ2n) is 10.6. The van der Waals surface area contributed by atoms with Gasteiger partial charge < -0.3 is 9.80 Å². The van der Waals surface area contributed by atoms with Crippen molar-refractivity contribution in [2.24, 2.45) is 17.8 Å². The van der Waals surface area contributed by atoms with Gasteiger partial charge in [-0.3, -0.25) is 4.79 Å². The second kappa shape index (κ2) is 10.3. The lowest BCUT2D eigenvalue weighted by Gasteiger charge is -2.42. The molecule has 4 aliphatic rings. The Balaban J connectivity index is 1.19. The average Bonchev–Trinajstić information content (AvgIpc) is 3.10. The van der Waals surface area contributed by atoms with Crippen LogP contribution in [0.25, 0.3) is 0 Å². The summed E-state index contributed by atoms with van der Waals surface area (Å²) in [6, 6.07) is 0.364. The molecule has 3 fully saturated rings. The van der Waals surface area contributed by atoms with E-state index in [9.17, 15) is 4.79 Å². The number of aryl methyl sites for hydroxylation is 1. The van der Waals surface area contributed by atoms with Crippen LogP contribution in [-0.2, 0) is 11.2 Å². The third-order valence-corrected chi connectivity index (χ3v) is 9.96. The minimum absolute atomic E-state index is 0.364. The number of thioether (sulfide) groups is 1. The smallest absolute Gasteiger partial charge is 0.222 e. The molecule has 2 saturated carbocycles. The molecule has 0 bridgehead atoms. The molecule has 5 nitrogen and oxygen atoms in total. The lowest BCUT2D eigenvalue weighted by atomic mass is 9.64. The maximum absolute atomic E-state index is 13.3. The molecule has 2 aliphatic heterocycles. The molecule has 1 aromatic heterocycles. The van der Waals surface area contributed by atoms with E-state index in [1.165, 1.54) is 67.7 Å². The number of hydrogen-bond donors (Lipinski definition) is 0. The summed E-state index contributed by atoms with van der Waals surface area (Å²) in [6.07, 6.45) is 17.7. The number of anilines is 1. The molecule has 0 N–H and O–H groups in total. The lowest BCUT2D eigenvalue weighted by molar-refractivity contribution is -0.134. The predicted molar refractivity (Wildman–Crippen MR) is 131 cm³/mol. The molecular formula is C26H40N4OS. The summed E-state index contributed by atoms with van der Waals surface area (Å²) in [5.41, 5.74) is 1.23. The molecule has 1 amide bonds. The summed E-state index contributed by atoms with van der Waals surface area (Å²) in [4.78, 5) is 28.5. The van der Waals surface area contributed by atoms with Crippen molar-refractivity contribution in [1.82, 2.24) is 14.9 Å². The largest absolute Gasteiger partial charge is 0.356 e. The molecule has 176 valence electrons. The van der Waals surface area contributed by atoms with Gasteiger partial charge in [-0.05, 0) is 68.5 Å². The highest BCUT2D eigenvalue weighted by atomic mass is 32.2. The highest BCUT2D eigenvalue weighted by Gasteiger charge is 2.37. The van der Waals surface area contributed by atoms with Crippen LogP contribution in [0.5, 0.6) is 0 Å². The van der Waals surface area contributed by atoms with Crippen molar-refractivity contribution >= 4 is 23.5 Å². The van der Waals surface area contributed by atoms with Gasteiger partial charge >= 0.3 is 0 Å². The predicted octanol–water partition coefficient (Wildman–Crippen LogP) is 5.33. The molecule has 32 heavy (non-hydrogen) atoms. The molecule has 4 unspecified atom stereocenters. The van der Waals surface area contributed by atoms with Crippen LogP contribution in [0.15, 0.2) is 11.2 Å².